The Morgan fingerprint density at radius 2 is 1.90 bits per heavy atom. The molecule has 20 heavy (non-hydrogen) atoms. The highest BCUT2D eigenvalue weighted by molar-refractivity contribution is 6.32. The molecule has 0 atom stereocenters. The first-order valence-electron chi connectivity index (χ1n) is 5.62. The number of pyridine rings is 1. The third-order valence-electron chi connectivity index (χ3n) is 2.76. The summed E-state index contributed by atoms with van der Waals surface area (Å²) in [6, 6.07) is 8.51. The van der Waals surface area contributed by atoms with Gasteiger partial charge in [0.05, 0.1) is 18.1 Å². The fourth-order valence-corrected chi connectivity index (χ4v) is 2.22. The summed E-state index contributed by atoms with van der Waals surface area (Å²) in [4.78, 5) is 3.81. The zero-order valence-corrected chi connectivity index (χ0v) is 10.8. The van der Waals surface area contributed by atoms with E-state index in [0.717, 1.165) is 6.07 Å². The highest BCUT2D eigenvalue weighted by atomic mass is 35.5. The first kappa shape index (κ1) is 14.4. The average Bonchev–Trinajstić information content (AvgIpc) is 2.38. The van der Waals surface area contributed by atoms with E-state index in [1.165, 1.54) is 30.5 Å². The number of halogens is 4. The lowest BCUT2D eigenvalue weighted by Crippen LogP contribution is -2.08. The van der Waals surface area contributed by atoms with Crippen LogP contribution in [0.5, 0.6) is 0 Å². The standard InChI is InChI=1S/C14H8ClF3N2/c15-13-12(9(5-7-19)6-8-20-13)10-3-1-2-4-11(10)14(16,17)18/h1-4,6,8H,5H2. The first-order chi connectivity index (χ1) is 9.45. The fourth-order valence-electron chi connectivity index (χ4n) is 1.94. The molecule has 0 unspecified atom stereocenters. The van der Waals surface area contributed by atoms with Gasteiger partial charge in [0, 0.05) is 11.8 Å². The van der Waals surface area contributed by atoms with E-state index in [1.807, 2.05) is 6.07 Å². The van der Waals surface area contributed by atoms with Crippen molar-refractivity contribution in [2.45, 2.75) is 12.6 Å². The van der Waals surface area contributed by atoms with Crippen LogP contribution in [0.4, 0.5) is 13.2 Å². The minimum Gasteiger partial charge on any atom is -0.244 e. The van der Waals surface area contributed by atoms with Gasteiger partial charge >= 0.3 is 6.18 Å². The molecule has 2 nitrogen and oxygen atoms in total. The van der Waals surface area contributed by atoms with Crippen molar-refractivity contribution in [1.82, 2.24) is 4.98 Å². The minimum atomic E-state index is -4.50. The van der Waals surface area contributed by atoms with Gasteiger partial charge in [0.1, 0.15) is 5.15 Å². The quantitative estimate of drug-likeness (QED) is 0.766. The van der Waals surface area contributed by atoms with Gasteiger partial charge in [-0.15, -0.1) is 0 Å². The minimum absolute atomic E-state index is 0.0379. The maximum atomic E-state index is 13.1. The maximum Gasteiger partial charge on any atom is 0.417 e. The molecular weight excluding hydrogens is 289 g/mol. The van der Waals surface area contributed by atoms with E-state index in [4.69, 9.17) is 16.9 Å². The second-order valence-electron chi connectivity index (χ2n) is 4.01. The summed E-state index contributed by atoms with van der Waals surface area (Å²) in [6.45, 7) is 0. The van der Waals surface area contributed by atoms with Crippen LogP contribution in [0.3, 0.4) is 0 Å². The number of aromatic nitrogens is 1. The molecule has 2 aromatic rings. The smallest absolute Gasteiger partial charge is 0.244 e. The third-order valence-corrected chi connectivity index (χ3v) is 3.05. The Kier molecular flexibility index (Phi) is 3.96. The summed E-state index contributed by atoms with van der Waals surface area (Å²) in [7, 11) is 0. The Morgan fingerprint density at radius 1 is 1.20 bits per heavy atom. The van der Waals surface area contributed by atoms with Gasteiger partial charge in [-0.05, 0) is 23.3 Å². The molecule has 1 aromatic carbocycles. The lowest BCUT2D eigenvalue weighted by Gasteiger charge is -2.15. The predicted molar refractivity (Wildman–Crippen MR) is 69.0 cm³/mol. The normalized spacial score (nSPS) is 11.2. The van der Waals surface area contributed by atoms with Crippen LogP contribution in [0.25, 0.3) is 11.1 Å². The number of hydrogen-bond acceptors (Lipinski definition) is 2. The fraction of sp³-hybridized carbons (Fsp3) is 0.143. The van der Waals surface area contributed by atoms with E-state index in [2.05, 4.69) is 4.98 Å². The van der Waals surface area contributed by atoms with Crippen molar-refractivity contribution < 1.29 is 13.2 Å². The average molecular weight is 297 g/mol. The monoisotopic (exact) mass is 296 g/mol. The van der Waals surface area contributed by atoms with Crippen LogP contribution in [0.15, 0.2) is 36.5 Å². The van der Waals surface area contributed by atoms with E-state index >= 15 is 0 Å². The topological polar surface area (TPSA) is 36.7 Å². The van der Waals surface area contributed by atoms with Crippen molar-refractivity contribution in [2.75, 3.05) is 0 Å². The van der Waals surface area contributed by atoms with Gasteiger partial charge in [0.25, 0.3) is 0 Å². The van der Waals surface area contributed by atoms with E-state index in [9.17, 15) is 13.2 Å². The lowest BCUT2D eigenvalue weighted by atomic mass is 9.95. The van der Waals surface area contributed by atoms with E-state index < -0.39 is 11.7 Å². The zero-order valence-electron chi connectivity index (χ0n) is 10.1. The molecule has 0 amide bonds. The van der Waals surface area contributed by atoms with Crippen LogP contribution in [0.2, 0.25) is 5.15 Å². The molecular formula is C14H8ClF3N2. The van der Waals surface area contributed by atoms with Crippen molar-refractivity contribution >= 4 is 11.6 Å². The van der Waals surface area contributed by atoms with Crippen LogP contribution in [-0.4, -0.2) is 4.98 Å². The zero-order chi connectivity index (χ0) is 14.8. The molecule has 0 saturated heterocycles. The van der Waals surface area contributed by atoms with Gasteiger partial charge in [-0.3, -0.25) is 0 Å². The van der Waals surface area contributed by atoms with Gasteiger partial charge < -0.3 is 0 Å². The summed E-state index contributed by atoms with van der Waals surface area (Å²) >= 11 is 5.93. The van der Waals surface area contributed by atoms with Gasteiger partial charge in [-0.1, -0.05) is 29.8 Å². The van der Waals surface area contributed by atoms with Crippen molar-refractivity contribution in [1.29, 1.82) is 5.26 Å². The highest BCUT2D eigenvalue weighted by Crippen LogP contribution is 2.40. The maximum absolute atomic E-state index is 13.1. The molecule has 1 heterocycles. The van der Waals surface area contributed by atoms with Crippen LogP contribution in [0.1, 0.15) is 11.1 Å². The lowest BCUT2D eigenvalue weighted by molar-refractivity contribution is -0.137. The summed E-state index contributed by atoms with van der Waals surface area (Å²) in [5.74, 6) is 0. The molecule has 0 aliphatic carbocycles. The SMILES string of the molecule is N#CCc1ccnc(Cl)c1-c1ccccc1C(F)(F)F. The molecule has 0 fully saturated rings. The number of benzene rings is 1. The molecule has 0 aliphatic rings. The first-order valence-corrected chi connectivity index (χ1v) is 6.00. The molecule has 0 aliphatic heterocycles. The molecule has 6 heteroatoms. The Bertz CT molecular complexity index is 675. The summed E-state index contributed by atoms with van der Waals surface area (Å²) in [5, 5.41) is 8.73. The number of rotatable bonds is 2. The van der Waals surface area contributed by atoms with Gasteiger partial charge in [0.15, 0.2) is 0 Å². The molecule has 0 N–H and O–H groups in total. The number of nitrogens with zero attached hydrogens (tertiary/aromatic N) is 2. The molecule has 0 bridgehead atoms. The number of hydrogen-bond donors (Lipinski definition) is 0. The molecule has 0 radical (unpaired) electrons. The van der Waals surface area contributed by atoms with Crippen molar-refractivity contribution in [2.24, 2.45) is 0 Å². The Labute approximate surface area is 118 Å². The third kappa shape index (κ3) is 2.75. The summed E-state index contributed by atoms with van der Waals surface area (Å²) in [5.41, 5.74) is -0.287. The number of alkyl halides is 3. The van der Waals surface area contributed by atoms with E-state index in [0.29, 0.717) is 5.56 Å². The van der Waals surface area contributed by atoms with Gasteiger partial charge in [-0.25, -0.2) is 4.98 Å². The molecule has 102 valence electrons. The van der Waals surface area contributed by atoms with Crippen LogP contribution in [0, 0.1) is 11.3 Å². The van der Waals surface area contributed by atoms with Crippen molar-refractivity contribution in [3.63, 3.8) is 0 Å². The van der Waals surface area contributed by atoms with Crippen LogP contribution >= 0.6 is 11.6 Å². The van der Waals surface area contributed by atoms with E-state index in [-0.39, 0.29) is 22.7 Å². The molecule has 2 rings (SSSR count). The Hall–Kier alpha value is -2.06. The van der Waals surface area contributed by atoms with Crippen LogP contribution in [-0.2, 0) is 12.6 Å². The summed E-state index contributed by atoms with van der Waals surface area (Å²) < 4.78 is 39.2. The number of nitriles is 1. The molecule has 0 saturated carbocycles. The second-order valence-corrected chi connectivity index (χ2v) is 4.37. The molecule has 0 spiro atoms. The van der Waals surface area contributed by atoms with Crippen LogP contribution < -0.4 is 0 Å². The van der Waals surface area contributed by atoms with E-state index in [1.54, 1.807) is 0 Å². The molecule has 1 aromatic heterocycles. The van der Waals surface area contributed by atoms with Crippen molar-refractivity contribution in [3.05, 3.63) is 52.8 Å². The van der Waals surface area contributed by atoms with Gasteiger partial charge in [0.2, 0.25) is 0 Å². The Morgan fingerprint density at radius 3 is 2.55 bits per heavy atom. The highest BCUT2D eigenvalue weighted by Gasteiger charge is 2.34. The predicted octanol–water partition coefficient (Wildman–Crippen LogP) is 4.49. The van der Waals surface area contributed by atoms with Crippen molar-refractivity contribution in [3.8, 4) is 17.2 Å². The van der Waals surface area contributed by atoms with Gasteiger partial charge in [-0.2, -0.15) is 18.4 Å². The Balaban J connectivity index is 2.73. The largest absolute Gasteiger partial charge is 0.417 e. The summed E-state index contributed by atoms with van der Waals surface area (Å²) in [6.07, 6.45) is -3.17. The second kappa shape index (κ2) is 5.51.